The highest BCUT2D eigenvalue weighted by atomic mass is 16.5. The highest BCUT2D eigenvalue weighted by molar-refractivity contribution is 5.00. The number of allylic oxidation sites excluding steroid dienone is 2. The lowest BCUT2D eigenvalue weighted by Crippen LogP contribution is -1.91. The first-order valence-corrected chi connectivity index (χ1v) is 3.50. The van der Waals surface area contributed by atoms with Crippen LogP contribution in [0.2, 0.25) is 0 Å². The summed E-state index contributed by atoms with van der Waals surface area (Å²) in [5.74, 6) is 1.65. The van der Waals surface area contributed by atoms with Crippen molar-refractivity contribution < 1.29 is 4.74 Å². The SMILES string of the molecule is CC=CC1CC1COC. The molecule has 0 amide bonds. The van der Waals surface area contributed by atoms with Crippen molar-refractivity contribution >= 4 is 0 Å². The zero-order chi connectivity index (χ0) is 6.69. The Labute approximate surface area is 56.7 Å². The Morgan fingerprint density at radius 1 is 1.67 bits per heavy atom. The van der Waals surface area contributed by atoms with E-state index in [0.717, 1.165) is 18.4 Å². The van der Waals surface area contributed by atoms with Crippen molar-refractivity contribution in [1.82, 2.24) is 0 Å². The molecule has 1 saturated carbocycles. The van der Waals surface area contributed by atoms with Gasteiger partial charge in [-0.2, -0.15) is 0 Å². The van der Waals surface area contributed by atoms with Gasteiger partial charge in [-0.1, -0.05) is 12.2 Å². The Kier molecular flexibility index (Phi) is 2.29. The molecule has 2 unspecified atom stereocenters. The molecular weight excluding hydrogens is 112 g/mol. The van der Waals surface area contributed by atoms with Crippen LogP contribution in [0.3, 0.4) is 0 Å². The fourth-order valence-corrected chi connectivity index (χ4v) is 1.16. The number of methoxy groups -OCH3 is 1. The van der Waals surface area contributed by atoms with Crippen LogP contribution in [0.25, 0.3) is 0 Å². The van der Waals surface area contributed by atoms with E-state index in [9.17, 15) is 0 Å². The summed E-state index contributed by atoms with van der Waals surface area (Å²) in [5.41, 5.74) is 0. The summed E-state index contributed by atoms with van der Waals surface area (Å²) in [5, 5.41) is 0. The van der Waals surface area contributed by atoms with Gasteiger partial charge in [-0.3, -0.25) is 0 Å². The van der Waals surface area contributed by atoms with Crippen molar-refractivity contribution in [2.24, 2.45) is 11.8 Å². The van der Waals surface area contributed by atoms with E-state index in [1.807, 2.05) is 0 Å². The maximum atomic E-state index is 5.01. The van der Waals surface area contributed by atoms with Crippen LogP contribution in [-0.4, -0.2) is 13.7 Å². The zero-order valence-electron chi connectivity index (χ0n) is 6.13. The third kappa shape index (κ3) is 1.83. The summed E-state index contributed by atoms with van der Waals surface area (Å²) in [7, 11) is 1.77. The molecule has 0 heterocycles. The van der Waals surface area contributed by atoms with Crippen molar-refractivity contribution in [1.29, 1.82) is 0 Å². The van der Waals surface area contributed by atoms with Crippen molar-refractivity contribution in [2.75, 3.05) is 13.7 Å². The fourth-order valence-electron chi connectivity index (χ4n) is 1.16. The summed E-state index contributed by atoms with van der Waals surface area (Å²) in [6.45, 7) is 3.01. The van der Waals surface area contributed by atoms with Gasteiger partial charge in [-0.05, 0) is 25.2 Å². The first-order valence-electron chi connectivity index (χ1n) is 3.50. The van der Waals surface area contributed by atoms with Crippen LogP contribution in [0.5, 0.6) is 0 Å². The van der Waals surface area contributed by atoms with Gasteiger partial charge in [-0.15, -0.1) is 0 Å². The van der Waals surface area contributed by atoms with Crippen LogP contribution in [0.1, 0.15) is 13.3 Å². The third-order valence-electron chi connectivity index (χ3n) is 1.80. The first-order chi connectivity index (χ1) is 4.38. The minimum atomic E-state index is 0.825. The first kappa shape index (κ1) is 6.81. The Morgan fingerprint density at radius 3 is 3.00 bits per heavy atom. The molecule has 0 spiro atoms. The molecule has 0 saturated heterocycles. The van der Waals surface area contributed by atoms with Crippen LogP contribution in [-0.2, 0) is 4.74 Å². The van der Waals surface area contributed by atoms with Crippen LogP contribution < -0.4 is 0 Å². The molecular formula is C8H14O. The lowest BCUT2D eigenvalue weighted by atomic mass is 10.3. The Balaban J connectivity index is 2.09. The van der Waals surface area contributed by atoms with Crippen LogP contribution in [0, 0.1) is 11.8 Å². The van der Waals surface area contributed by atoms with Gasteiger partial charge in [0.15, 0.2) is 0 Å². The molecule has 9 heavy (non-hydrogen) atoms. The molecule has 0 aliphatic heterocycles. The highest BCUT2D eigenvalue weighted by Crippen LogP contribution is 2.39. The molecule has 1 rings (SSSR count). The molecule has 1 heteroatoms. The monoisotopic (exact) mass is 126 g/mol. The topological polar surface area (TPSA) is 9.23 Å². The molecule has 1 aliphatic carbocycles. The molecule has 0 aromatic heterocycles. The molecule has 0 aromatic rings. The second-order valence-corrected chi connectivity index (χ2v) is 2.64. The van der Waals surface area contributed by atoms with E-state index in [0.29, 0.717) is 0 Å². The molecule has 0 aromatic carbocycles. The van der Waals surface area contributed by atoms with E-state index < -0.39 is 0 Å². The standard InChI is InChI=1S/C8H14O/c1-3-4-7-5-8(7)6-9-2/h3-4,7-8H,5-6H2,1-2H3. The second kappa shape index (κ2) is 3.02. The van der Waals surface area contributed by atoms with Crippen molar-refractivity contribution in [2.45, 2.75) is 13.3 Å². The summed E-state index contributed by atoms with van der Waals surface area (Å²) < 4.78 is 5.01. The minimum Gasteiger partial charge on any atom is -0.384 e. The van der Waals surface area contributed by atoms with Crippen molar-refractivity contribution in [3.05, 3.63) is 12.2 Å². The maximum absolute atomic E-state index is 5.01. The number of hydrogen-bond donors (Lipinski definition) is 0. The Morgan fingerprint density at radius 2 is 2.44 bits per heavy atom. The van der Waals surface area contributed by atoms with Gasteiger partial charge in [0.1, 0.15) is 0 Å². The van der Waals surface area contributed by atoms with Crippen molar-refractivity contribution in [3.63, 3.8) is 0 Å². The fraction of sp³-hybridized carbons (Fsp3) is 0.750. The van der Waals surface area contributed by atoms with E-state index in [2.05, 4.69) is 19.1 Å². The predicted molar refractivity (Wildman–Crippen MR) is 38.3 cm³/mol. The maximum Gasteiger partial charge on any atom is 0.0496 e. The van der Waals surface area contributed by atoms with E-state index >= 15 is 0 Å². The van der Waals surface area contributed by atoms with Crippen LogP contribution >= 0.6 is 0 Å². The van der Waals surface area contributed by atoms with Crippen molar-refractivity contribution in [3.8, 4) is 0 Å². The van der Waals surface area contributed by atoms with E-state index in [1.165, 1.54) is 6.42 Å². The Hall–Kier alpha value is -0.300. The van der Waals surface area contributed by atoms with Crippen LogP contribution in [0.15, 0.2) is 12.2 Å². The summed E-state index contributed by atoms with van der Waals surface area (Å²) >= 11 is 0. The summed E-state index contributed by atoms with van der Waals surface area (Å²) in [6.07, 6.45) is 5.72. The molecule has 1 aliphatic rings. The number of rotatable bonds is 3. The normalized spacial score (nSPS) is 33.6. The van der Waals surface area contributed by atoms with Gasteiger partial charge in [0.25, 0.3) is 0 Å². The van der Waals surface area contributed by atoms with Gasteiger partial charge < -0.3 is 4.74 Å². The molecule has 0 N–H and O–H groups in total. The Bertz CT molecular complexity index is 107. The highest BCUT2D eigenvalue weighted by Gasteiger charge is 2.33. The van der Waals surface area contributed by atoms with Gasteiger partial charge in [0, 0.05) is 13.7 Å². The lowest BCUT2D eigenvalue weighted by molar-refractivity contribution is 0.183. The van der Waals surface area contributed by atoms with Crippen LogP contribution in [0.4, 0.5) is 0 Å². The second-order valence-electron chi connectivity index (χ2n) is 2.64. The molecule has 1 nitrogen and oxygen atoms in total. The summed E-state index contributed by atoms with van der Waals surface area (Å²) in [4.78, 5) is 0. The minimum absolute atomic E-state index is 0.825. The quantitative estimate of drug-likeness (QED) is 0.524. The van der Waals surface area contributed by atoms with E-state index in [1.54, 1.807) is 7.11 Å². The summed E-state index contributed by atoms with van der Waals surface area (Å²) in [6, 6.07) is 0. The van der Waals surface area contributed by atoms with Gasteiger partial charge in [0.05, 0.1) is 0 Å². The van der Waals surface area contributed by atoms with E-state index in [-0.39, 0.29) is 0 Å². The predicted octanol–water partition coefficient (Wildman–Crippen LogP) is 1.84. The average molecular weight is 126 g/mol. The molecule has 1 fully saturated rings. The lowest BCUT2D eigenvalue weighted by Gasteiger charge is -1.91. The third-order valence-corrected chi connectivity index (χ3v) is 1.80. The largest absolute Gasteiger partial charge is 0.384 e. The molecule has 52 valence electrons. The smallest absolute Gasteiger partial charge is 0.0496 e. The molecule has 0 bridgehead atoms. The number of ether oxygens (including phenoxy) is 1. The number of hydrogen-bond acceptors (Lipinski definition) is 1. The average Bonchev–Trinajstić information content (AvgIpc) is 2.50. The van der Waals surface area contributed by atoms with Gasteiger partial charge >= 0.3 is 0 Å². The van der Waals surface area contributed by atoms with Gasteiger partial charge in [0.2, 0.25) is 0 Å². The molecule has 2 atom stereocenters. The zero-order valence-corrected chi connectivity index (χ0v) is 6.13. The van der Waals surface area contributed by atoms with E-state index in [4.69, 9.17) is 4.74 Å². The van der Waals surface area contributed by atoms with Gasteiger partial charge in [-0.25, -0.2) is 0 Å². The molecule has 0 radical (unpaired) electrons.